The highest BCUT2D eigenvalue weighted by atomic mass is 35.5. The summed E-state index contributed by atoms with van der Waals surface area (Å²) in [6.07, 6.45) is -1.73. The van der Waals surface area contributed by atoms with Crippen molar-refractivity contribution in [2.75, 3.05) is 11.1 Å². The molecule has 7 rings (SSSR count). The lowest BCUT2D eigenvalue weighted by atomic mass is 10.2. The standard InChI is InChI=1S/C13H10ClN3O.C12H12ClN3.C9H8N2O7/c1-8-2-4-9(5-3-8)17-12-10(15-13(17)18)6-7-11(14)16-12;1-8-2-4-9(5-3-8)15-12-10(14)6-7-11(13)16-12;12-5-1-2-6(13)10(5)17-9(16)18-11-7(14)3-4-8(11)15/h2-7H,1H3,(H,15,18);2-7H,14H2,1H3,(H,15,16);1-4H2. The molecule has 0 radical (unpaired) electrons. The van der Waals surface area contributed by atoms with Crippen LogP contribution in [0.2, 0.25) is 10.3 Å². The quantitative estimate of drug-likeness (QED) is 0.154. The first-order valence-corrected chi connectivity index (χ1v) is 16.3. The number of nitrogen functional groups attached to an aromatic ring is 1. The number of aromatic amines is 1. The Bertz CT molecular complexity index is 2150. The number of imide groups is 2. The number of aromatic nitrogens is 4. The SMILES string of the molecule is Cc1ccc(-n2c(=O)[nH]c3ccc(Cl)nc32)cc1.Cc1ccc(Nc2nc(Cl)ccc2N)cc1.O=C(ON1C(=O)CCC1=O)ON1C(=O)CCC1=O. The molecular weight excluding hydrogens is 719 g/mol. The molecule has 0 bridgehead atoms. The summed E-state index contributed by atoms with van der Waals surface area (Å²) in [5, 5.41) is 4.42. The molecule has 5 heterocycles. The van der Waals surface area contributed by atoms with Crippen molar-refractivity contribution in [1.29, 1.82) is 0 Å². The minimum Gasteiger partial charge on any atom is -0.396 e. The number of H-pyrrole nitrogens is 1. The van der Waals surface area contributed by atoms with Gasteiger partial charge < -0.3 is 16.0 Å². The molecule has 3 aromatic heterocycles. The van der Waals surface area contributed by atoms with Gasteiger partial charge in [0.1, 0.15) is 10.3 Å². The first-order valence-electron chi connectivity index (χ1n) is 15.5. The molecule has 16 nitrogen and oxygen atoms in total. The Balaban J connectivity index is 0.000000151. The molecule has 2 aliphatic rings. The molecular formula is C34H30Cl2N8O8. The summed E-state index contributed by atoms with van der Waals surface area (Å²) in [7, 11) is 0. The minimum atomic E-state index is -1.48. The van der Waals surface area contributed by atoms with Gasteiger partial charge in [-0.3, -0.25) is 28.9 Å². The van der Waals surface area contributed by atoms with Crippen molar-refractivity contribution in [3.63, 3.8) is 0 Å². The van der Waals surface area contributed by atoms with E-state index in [1.165, 1.54) is 10.1 Å². The first-order chi connectivity index (χ1) is 24.8. The van der Waals surface area contributed by atoms with Crippen LogP contribution in [0.3, 0.4) is 0 Å². The number of carbonyl (C=O) groups is 5. The number of pyridine rings is 2. The maximum atomic E-state index is 12.0. The van der Waals surface area contributed by atoms with Gasteiger partial charge in [-0.2, -0.15) is 4.79 Å². The van der Waals surface area contributed by atoms with E-state index in [2.05, 4.69) is 29.9 Å². The van der Waals surface area contributed by atoms with Crippen molar-refractivity contribution >= 4 is 81.3 Å². The van der Waals surface area contributed by atoms with Gasteiger partial charge in [-0.1, -0.05) is 68.7 Å². The third-order valence-corrected chi connectivity index (χ3v) is 7.76. The van der Waals surface area contributed by atoms with Crippen LogP contribution in [0.4, 0.5) is 22.0 Å². The molecule has 268 valence electrons. The number of amides is 4. The fourth-order valence-corrected chi connectivity index (χ4v) is 4.99. The zero-order chi connectivity index (χ0) is 37.5. The third kappa shape index (κ3) is 9.09. The van der Waals surface area contributed by atoms with Gasteiger partial charge in [-0.15, -0.1) is 0 Å². The van der Waals surface area contributed by atoms with Crippen molar-refractivity contribution in [1.82, 2.24) is 29.6 Å². The number of imidazole rings is 1. The molecule has 2 fully saturated rings. The molecule has 0 aliphatic carbocycles. The van der Waals surface area contributed by atoms with Gasteiger partial charge in [-0.25, -0.2) is 19.3 Å². The van der Waals surface area contributed by atoms with Gasteiger partial charge in [0.2, 0.25) is 0 Å². The number of fused-ring (bicyclic) bond motifs is 1. The van der Waals surface area contributed by atoms with Crippen molar-refractivity contribution in [3.05, 3.63) is 105 Å². The number of hydrogen-bond donors (Lipinski definition) is 3. The zero-order valence-electron chi connectivity index (χ0n) is 27.6. The number of anilines is 3. The van der Waals surface area contributed by atoms with Crippen LogP contribution < -0.4 is 16.7 Å². The lowest BCUT2D eigenvalue weighted by Crippen LogP contribution is -2.37. The second-order valence-electron chi connectivity index (χ2n) is 11.3. The van der Waals surface area contributed by atoms with E-state index in [4.69, 9.17) is 28.9 Å². The number of hydrogen-bond acceptors (Lipinski definition) is 12. The molecule has 0 atom stereocenters. The Morgan fingerprint density at radius 3 is 1.73 bits per heavy atom. The predicted octanol–water partition coefficient (Wildman–Crippen LogP) is 5.31. The number of benzene rings is 2. The monoisotopic (exact) mass is 748 g/mol. The number of aryl methyl sites for hydroxylation is 2. The number of nitrogens with one attached hydrogen (secondary N) is 2. The van der Waals surface area contributed by atoms with E-state index < -0.39 is 29.8 Å². The molecule has 2 aromatic carbocycles. The Labute approximate surface area is 304 Å². The summed E-state index contributed by atoms with van der Waals surface area (Å²) in [4.78, 5) is 87.3. The van der Waals surface area contributed by atoms with Crippen molar-refractivity contribution < 1.29 is 33.6 Å². The van der Waals surface area contributed by atoms with Crippen LogP contribution in [-0.4, -0.2) is 59.4 Å². The van der Waals surface area contributed by atoms with Gasteiger partial charge >= 0.3 is 11.8 Å². The van der Waals surface area contributed by atoms with E-state index >= 15 is 0 Å². The van der Waals surface area contributed by atoms with Crippen LogP contribution in [0, 0.1) is 13.8 Å². The number of nitrogens with zero attached hydrogens (tertiary/aromatic N) is 5. The van der Waals surface area contributed by atoms with Crippen LogP contribution in [0.5, 0.6) is 0 Å². The fourth-order valence-electron chi connectivity index (χ4n) is 4.70. The molecule has 0 unspecified atom stereocenters. The highest BCUT2D eigenvalue weighted by Gasteiger charge is 2.37. The van der Waals surface area contributed by atoms with Gasteiger partial charge in [0.15, 0.2) is 11.5 Å². The average Bonchev–Trinajstić information content (AvgIpc) is 3.73. The second-order valence-corrected chi connectivity index (χ2v) is 12.0. The van der Waals surface area contributed by atoms with E-state index in [1.54, 1.807) is 24.3 Å². The molecule has 52 heavy (non-hydrogen) atoms. The van der Waals surface area contributed by atoms with Crippen LogP contribution in [0.15, 0.2) is 77.6 Å². The topological polar surface area (TPSA) is 212 Å². The average molecular weight is 750 g/mol. The van der Waals surface area contributed by atoms with E-state index in [-0.39, 0.29) is 41.5 Å². The summed E-state index contributed by atoms with van der Waals surface area (Å²) in [5.41, 5.74) is 11.4. The normalized spacial score (nSPS) is 13.8. The first kappa shape index (κ1) is 37.0. The number of halogens is 2. The van der Waals surface area contributed by atoms with Crippen LogP contribution in [0.1, 0.15) is 36.8 Å². The van der Waals surface area contributed by atoms with E-state index in [9.17, 15) is 28.8 Å². The molecule has 2 saturated heterocycles. The fraction of sp³-hybridized carbons (Fsp3) is 0.176. The molecule has 18 heteroatoms. The molecule has 5 aromatic rings. The third-order valence-electron chi connectivity index (χ3n) is 7.34. The van der Waals surface area contributed by atoms with Crippen LogP contribution >= 0.6 is 23.2 Å². The van der Waals surface area contributed by atoms with Gasteiger partial charge in [0.25, 0.3) is 23.6 Å². The van der Waals surface area contributed by atoms with Crippen molar-refractivity contribution in [3.8, 4) is 5.69 Å². The summed E-state index contributed by atoms with van der Waals surface area (Å²) >= 11 is 11.7. The Morgan fingerprint density at radius 2 is 1.19 bits per heavy atom. The summed E-state index contributed by atoms with van der Waals surface area (Å²) in [5.74, 6) is -2.16. The smallest absolute Gasteiger partial charge is 0.396 e. The number of carbonyl (C=O) groups excluding carboxylic acids is 5. The van der Waals surface area contributed by atoms with Gasteiger partial charge in [0.05, 0.1) is 16.9 Å². The molecule has 4 amide bonds. The largest absolute Gasteiger partial charge is 0.560 e. The van der Waals surface area contributed by atoms with Crippen LogP contribution in [-0.2, 0) is 28.9 Å². The summed E-state index contributed by atoms with van der Waals surface area (Å²) in [6.45, 7) is 4.03. The predicted molar refractivity (Wildman–Crippen MR) is 189 cm³/mol. The Hall–Kier alpha value is -6.26. The Morgan fingerprint density at radius 1 is 0.712 bits per heavy atom. The molecule has 0 saturated carbocycles. The maximum absolute atomic E-state index is 12.0. The van der Waals surface area contributed by atoms with E-state index in [1.807, 2.05) is 62.4 Å². The molecule has 2 aliphatic heterocycles. The second kappa shape index (κ2) is 16.2. The lowest BCUT2D eigenvalue weighted by Gasteiger charge is -2.15. The maximum Gasteiger partial charge on any atom is 0.560 e. The van der Waals surface area contributed by atoms with E-state index in [0.29, 0.717) is 33.0 Å². The lowest BCUT2D eigenvalue weighted by molar-refractivity contribution is -0.198. The molecule has 0 spiro atoms. The van der Waals surface area contributed by atoms with Gasteiger partial charge in [0, 0.05) is 31.4 Å². The number of hydroxylamine groups is 4. The highest BCUT2D eigenvalue weighted by Crippen LogP contribution is 2.23. The van der Waals surface area contributed by atoms with E-state index in [0.717, 1.165) is 16.9 Å². The van der Waals surface area contributed by atoms with Gasteiger partial charge in [-0.05, 0) is 62.4 Å². The van der Waals surface area contributed by atoms with Crippen LogP contribution in [0.25, 0.3) is 16.9 Å². The summed E-state index contributed by atoms with van der Waals surface area (Å²) in [6, 6.07) is 22.4. The van der Waals surface area contributed by atoms with Crippen molar-refractivity contribution in [2.24, 2.45) is 0 Å². The summed E-state index contributed by atoms with van der Waals surface area (Å²) < 4.78 is 1.51. The van der Waals surface area contributed by atoms with Crippen molar-refractivity contribution in [2.45, 2.75) is 39.5 Å². The highest BCUT2D eigenvalue weighted by molar-refractivity contribution is 6.30. The molecule has 4 N–H and O–H groups in total. The zero-order valence-corrected chi connectivity index (χ0v) is 29.1. The number of rotatable bonds is 5. The number of nitrogens with two attached hydrogens (primary N) is 1. The minimum absolute atomic E-state index is 0.0618. The Kier molecular flexibility index (Phi) is 11.5.